The molecule has 1 heterocycles. The average Bonchev–Trinajstić information content (AvgIpc) is 2.33. The maximum Gasteiger partial charge on any atom is 0.132 e. The van der Waals surface area contributed by atoms with E-state index in [1.54, 1.807) is 0 Å². The summed E-state index contributed by atoms with van der Waals surface area (Å²) in [6, 6.07) is 13.9. The molecule has 0 unspecified atom stereocenters. The minimum atomic E-state index is 0.664. The summed E-state index contributed by atoms with van der Waals surface area (Å²) in [5.74, 6) is 0.944. The van der Waals surface area contributed by atoms with Gasteiger partial charge in [-0.1, -0.05) is 18.2 Å². The van der Waals surface area contributed by atoms with Crippen LogP contribution in [0.2, 0.25) is 0 Å². The van der Waals surface area contributed by atoms with E-state index >= 15 is 0 Å². The van der Waals surface area contributed by atoms with E-state index in [1.165, 1.54) is 0 Å². The van der Waals surface area contributed by atoms with E-state index < -0.39 is 0 Å². The van der Waals surface area contributed by atoms with Crippen molar-refractivity contribution >= 4 is 22.6 Å². The van der Waals surface area contributed by atoms with Gasteiger partial charge in [-0.05, 0) is 46.9 Å². The number of aromatic nitrogens is 1. The number of nitrogens with zero attached hydrogens (tertiary/aromatic N) is 1. The Morgan fingerprint density at radius 2 is 1.88 bits per heavy atom. The Kier molecular flexibility index (Phi) is 4.16. The van der Waals surface area contributed by atoms with E-state index in [4.69, 9.17) is 4.74 Å². The number of rotatable bonds is 4. The van der Waals surface area contributed by atoms with Gasteiger partial charge in [-0.3, -0.25) is 4.98 Å². The van der Waals surface area contributed by atoms with Gasteiger partial charge in [0.2, 0.25) is 0 Å². The van der Waals surface area contributed by atoms with Gasteiger partial charge in [0.25, 0.3) is 0 Å². The van der Waals surface area contributed by atoms with Crippen LogP contribution in [0.5, 0.6) is 5.75 Å². The van der Waals surface area contributed by atoms with Gasteiger partial charge in [-0.25, -0.2) is 0 Å². The van der Waals surface area contributed by atoms with Gasteiger partial charge in [-0.15, -0.1) is 0 Å². The molecule has 2 nitrogen and oxygen atoms in total. The normalized spacial score (nSPS) is 10.1. The number of halogens is 1. The largest absolute Gasteiger partial charge is 0.492 e. The zero-order valence-electron chi connectivity index (χ0n) is 8.77. The molecule has 0 radical (unpaired) electrons. The molecule has 1 aromatic heterocycles. The van der Waals surface area contributed by atoms with Crippen LogP contribution in [0.15, 0.2) is 48.7 Å². The lowest BCUT2D eigenvalue weighted by Crippen LogP contribution is -2.03. The Labute approximate surface area is 109 Å². The van der Waals surface area contributed by atoms with E-state index in [1.807, 2.05) is 48.7 Å². The van der Waals surface area contributed by atoms with Crippen molar-refractivity contribution in [2.45, 2.75) is 6.42 Å². The molecule has 0 saturated carbocycles. The number of ether oxygens (including phenoxy) is 1. The molecule has 0 aliphatic carbocycles. The van der Waals surface area contributed by atoms with E-state index in [2.05, 4.69) is 27.6 Å². The van der Waals surface area contributed by atoms with Crippen molar-refractivity contribution < 1.29 is 4.74 Å². The molecule has 0 atom stereocenters. The lowest BCUT2D eigenvalue weighted by molar-refractivity contribution is 0.318. The molecule has 0 saturated heterocycles. The highest BCUT2D eigenvalue weighted by molar-refractivity contribution is 14.1. The number of pyridine rings is 1. The van der Waals surface area contributed by atoms with Crippen molar-refractivity contribution in [3.05, 3.63) is 57.9 Å². The lowest BCUT2D eigenvalue weighted by atomic mass is 10.3. The molecule has 0 N–H and O–H groups in total. The Hall–Kier alpha value is -1.10. The average molecular weight is 325 g/mol. The Morgan fingerprint density at radius 3 is 2.62 bits per heavy atom. The molecule has 0 aliphatic rings. The molecule has 0 spiro atoms. The Morgan fingerprint density at radius 1 is 1.06 bits per heavy atom. The van der Waals surface area contributed by atoms with E-state index in [0.717, 1.165) is 21.4 Å². The van der Waals surface area contributed by atoms with Crippen molar-refractivity contribution in [1.82, 2.24) is 4.98 Å². The van der Waals surface area contributed by atoms with Crippen molar-refractivity contribution in [3.8, 4) is 5.75 Å². The van der Waals surface area contributed by atoms with Crippen LogP contribution in [0.1, 0.15) is 5.69 Å². The van der Waals surface area contributed by atoms with Gasteiger partial charge >= 0.3 is 0 Å². The third kappa shape index (κ3) is 3.20. The maximum absolute atomic E-state index is 5.69. The fraction of sp³-hybridized carbons (Fsp3) is 0.154. The molecule has 0 aliphatic heterocycles. The summed E-state index contributed by atoms with van der Waals surface area (Å²) in [4.78, 5) is 4.25. The number of benzene rings is 1. The predicted octanol–water partition coefficient (Wildman–Crippen LogP) is 3.31. The van der Waals surface area contributed by atoms with Crippen molar-refractivity contribution in [2.75, 3.05) is 6.61 Å². The topological polar surface area (TPSA) is 22.1 Å². The first-order chi connectivity index (χ1) is 7.86. The summed E-state index contributed by atoms with van der Waals surface area (Å²) in [7, 11) is 0. The Bertz CT molecular complexity index is 445. The molecule has 3 heteroatoms. The number of para-hydroxylation sites is 1. The van der Waals surface area contributed by atoms with Gasteiger partial charge < -0.3 is 4.74 Å². The van der Waals surface area contributed by atoms with Crippen LogP contribution in [0.25, 0.3) is 0 Å². The van der Waals surface area contributed by atoms with Crippen molar-refractivity contribution in [1.29, 1.82) is 0 Å². The van der Waals surface area contributed by atoms with E-state index in [-0.39, 0.29) is 0 Å². The zero-order valence-corrected chi connectivity index (χ0v) is 10.9. The summed E-state index contributed by atoms with van der Waals surface area (Å²) < 4.78 is 6.83. The van der Waals surface area contributed by atoms with E-state index in [0.29, 0.717) is 6.61 Å². The summed E-state index contributed by atoms with van der Waals surface area (Å²) in [6.45, 7) is 0.664. The Balaban J connectivity index is 1.87. The van der Waals surface area contributed by atoms with Crippen LogP contribution in [0.4, 0.5) is 0 Å². The molecule has 2 rings (SSSR count). The smallest absolute Gasteiger partial charge is 0.132 e. The second kappa shape index (κ2) is 5.84. The van der Waals surface area contributed by atoms with Gasteiger partial charge in [0.1, 0.15) is 5.75 Å². The predicted molar refractivity (Wildman–Crippen MR) is 72.6 cm³/mol. The molecule has 1 aromatic carbocycles. The van der Waals surface area contributed by atoms with Crippen molar-refractivity contribution in [2.24, 2.45) is 0 Å². The van der Waals surface area contributed by atoms with Crippen LogP contribution < -0.4 is 4.74 Å². The van der Waals surface area contributed by atoms with Crippen LogP contribution in [0.3, 0.4) is 0 Å². The lowest BCUT2D eigenvalue weighted by Gasteiger charge is -2.07. The molecule has 0 amide bonds. The summed E-state index contributed by atoms with van der Waals surface area (Å²) in [5, 5.41) is 0. The molecular formula is C13H12INO. The van der Waals surface area contributed by atoms with Crippen LogP contribution in [0, 0.1) is 3.57 Å². The minimum Gasteiger partial charge on any atom is -0.492 e. The first kappa shape index (κ1) is 11.4. The standard InChI is InChI=1S/C13H12INO/c14-12-6-1-2-7-13(12)16-10-8-11-5-3-4-9-15-11/h1-7,9H,8,10H2. The second-order valence-corrected chi connectivity index (χ2v) is 4.51. The fourth-order valence-electron chi connectivity index (χ4n) is 1.37. The van der Waals surface area contributed by atoms with E-state index in [9.17, 15) is 0 Å². The highest BCUT2D eigenvalue weighted by atomic mass is 127. The van der Waals surface area contributed by atoms with Crippen molar-refractivity contribution in [3.63, 3.8) is 0 Å². The highest BCUT2D eigenvalue weighted by Gasteiger charge is 1.99. The van der Waals surface area contributed by atoms with Crippen LogP contribution in [-0.2, 0) is 6.42 Å². The third-order valence-corrected chi connectivity index (χ3v) is 3.07. The third-order valence-electron chi connectivity index (χ3n) is 2.18. The first-order valence-electron chi connectivity index (χ1n) is 5.13. The molecule has 16 heavy (non-hydrogen) atoms. The van der Waals surface area contributed by atoms with Gasteiger partial charge in [0.15, 0.2) is 0 Å². The summed E-state index contributed by atoms with van der Waals surface area (Å²) >= 11 is 2.27. The quantitative estimate of drug-likeness (QED) is 0.805. The molecular weight excluding hydrogens is 313 g/mol. The number of hydrogen-bond acceptors (Lipinski definition) is 2. The molecule has 0 bridgehead atoms. The van der Waals surface area contributed by atoms with Gasteiger partial charge in [-0.2, -0.15) is 0 Å². The van der Waals surface area contributed by atoms with Gasteiger partial charge in [0.05, 0.1) is 10.2 Å². The molecule has 0 fully saturated rings. The highest BCUT2D eigenvalue weighted by Crippen LogP contribution is 2.19. The first-order valence-corrected chi connectivity index (χ1v) is 6.21. The SMILES string of the molecule is Ic1ccccc1OCCc1ccccn1. The summed E-state index contributed by atoms with van der Waals surface area (Å²) in [6.07, 6.45) is 2.65. The maximum atomic E-state index is 5.69. The van der Waals surface area contributed by atoms with Gasteiger partial charge in [0, 0.05) is 18.3 Å². The second-order valence-electron chi connectivity index (χ2n) is 3.35. The number of hydrogen-bond donors (Lipinski definition) is 0. The molecule has 82 valence electrons. The monoisotopic (exact) mass is 325 g/mol. The van der Waals surface area contributed by atoms with Crippen LogP contribution in [-0.4, -0.2) is 11.6 Å². The summed E-state index contributed by atoms with van der Waals surface area (Å²) in [5.41, 5.74) is 1.06. The fourth-order valence-corrected chi connectivity index (χ4v) is 1.92. The molecule has 2 aromatic rings. The minimum absolute atomic E-state index is 0.664. The van der Waals surface area contributed by atoms with Crippen LogP contribution >= 0.6 is 22.6 Å². The zero-order chi connectivity index (χ0) is 11.2.